The van der Waals surface area contributed by atoms with Gasteiger partial charge in [-0.05, 0) is 6.92 Å². The molecule has 1 rings (SSSR count). The zero-order chi connectivity index (χ0) is 9.90. The van der Waals surface area contributed by atoms with E-state index in [9.17, 15) is 8.42 Å². The first-order chi connectivity index (χ1) is 6.05. The molecule has 0 aliphatic carbocycles. The van der Waals surface area contributed by atoms with Crippen molar-refractivity contribution in [1.29, 1.82) is 0 Å². The lowest BCUT2D eigenvalue weighted by molar-refractivity contribution is 0.571. The molecule has 74 valence electrons. The van der Waals surface area contributed by atoms with E-state index in [1.165, 1.54) is 0 Å². The van der Waals surface area contributed by atoms with Gasteiger partial charge in [-0.1, -0.05) is 0 Å². The molecular weight excluding hydrogens is 214 g/mol. The minimum atomic E-state index is -3.37. The first kappa shape index (κ1) is 10.5. The Hall–Kier alpha value is -0.590. The summed E-state index contributed by atoms with van der Waals surface area (Å²) in [5.74, 6) is 0. The second-order valence-corrected chi connectivity index (χ2v) is 4.93. The smallest absolute Gasteiger partial charge is 0.226 e. The van der Waals surface area contributed by atoms with Crippen LogP contribution in [0.15, 0.2) is 12.4 Å². The number of H-pyrrole nitrogens is 1. The molecule has 0 aliphatic heterocycles. The van der Waals surface area contributed by atoms with Gasteiger partial charge in [-0.2, -0.15) is 5.10 Å². The molecule has 0 bridgehead atoms. The molecule has 1 aromatic heterocycles. The van der Waals surface area contributed by atoms with Crippen molar-refractivity contribution in [2.45, 2.75) is 13.0 Å². The Morgan fingerprint density at radius 3 is 2.92 bits per heavy atom. The van der Waals surface area contributed by atoms with Crippen LogP contribution in [0.1, 0.15) is 18.5 Å². The number of sulfonamides is 1. The Kier molecular flexibility index (Phi) is 3.29. The Morgan fingerprint density at radius 2 is 2.46 bits per heavy atom. The van der Waals surface area contributed by atoms with E-state index in [-0.39, 0.29) is 6.04 Å². The second-order valence-electron chi connectivity index (χ2n) is 2.60. The Morgan fingerprint density at radius 1 is 1.77 bits per heavy atom. The molecule has 1 atom stereocenters. The van der Waals surface area contributed by atoms with Crippen LogP contribution >= 0.6 is 11.6 Å². The van der Waals surface area contributed by atoms with E-state index in [0.717, 1.165) is 5.56 Å². The van der Waals surface area contributed by atoms with Gasteiger partial charge in [0.25, 0.3) is 0 Å². The SMILES string of the molecule is CC(NS(=O)(=O)CCl)c1cn[nH]c1. The number of halogens is 1. The van der Waals surface area contributed by atoms with Gasteiger partial charge in [0.15, 0.2) is 0 Å². The van der Waals surface area contributed by atoms with Gasteiger partial charge >= 0.3 is 0 Å². The van der Waals surface area contributed by atoms with Crippen molar-refractivity contribution < 1.29 is 8.42 Å². The van der Waals surface area contributed by atoms with Crippen LogP contribution in [0.3, 0.4) is 0 Å². The molecule has 0 saturated carbocycles. The van der Waals surface area contributed by atoms with Crippen LogP contribution in [0.25, 0.3) is 0 Å². The number of nitrogens with one attached hydrogen (secondary N) is 2. The fraction of sp³-hybridized carbons (Fsp3) is 0.500. The van der Waals surface area contributed by atoms with E-state index in [2.05, 4.69) is 14.9 Å². The lowest BCUT2D eigenvalue weighted by Crippen LogP contribution is -2.27. The third kappa shape index (κ3) is 2.98. The molecule has 0 saturated heterocycles. The van der Waals surface area contributed by atoms with E-state index < -0.39 is 15.2 Å². The van der Waals surface area contributed by atoms with Crippen molar-refractivity contribution in [2.75, 3.05) is 5.21 Å². The van der Waals surface area contributed by atoms with Crippen molar-refractivity contribution in [3.63, 3.8) is 0 Å². The van der Waals surface area contributed by atoms with Gasteiger partial charge in [0, 0.05) is 17.8 Å². The van der Waals surface area contributed by atoms with E-state index in [1.54, 1.807) is 19.3 Å². The Balaban J connectivity index is 2.67. The van der Waals surface area contributed by atoms with Gasteiger partial charge in [0.1, 0.15) is 5.21 Å². The van der Waals surface area contributed by atoms with E-state index in [4.69, 9.17) is 11.6 Å². The maximum Gasteiger partial charge on any atom is 0.226 e. The number of rotatable bonds is 4. The fourth-order valence-corrected chi connectivity index (χ4v) is 1.79. The van der Waals surface area contributed by atoms with Crippen LogP contribution in [0.2, 0.25) is 0 Å². The standard InChI is InChI=1S/C6H10ClN3O2S/c1-5(6-2-8-9-3-6)10-13(11,12)4-7/h2-3,5,10H,4H2,1H3,(H,8,9). The number of nitrogens with zero attached hydrogens (tertiary/aromatic N) is 1. The molecule has 1 heterocycles. The molecule has 7 heteroatoms. The quantitative estimate of drug-likeness (QED) is 0.734. The highest BCUT2D eigenvalue weighted by Crippen LogP contribution is 2.10. The average Bonchev–Trinajstić information content (AvgIpc) is 2.55. The number of alkyl halides is 1. The minimum absolute atomic E-state index is 0.317. The highest BCUT2D eigenvalue weighted by molar-refractivity contribution is 7.90. The molecule has 5 nitrogen and oxygen atoms in total. The van der Waals surface area contributed by atoms with Crippen LogP contribution in [0, 0.1) is 0 Å². The van der Waals surface area contributed by atoms with Crippen LogP contribution in [0.5, 0.6) is 0 Å². The van der Waals surface area contributed by atoms with Gasteiger partial charge in [-0.15, -0.1) is 11.6 Å². The molecule has 1 aromatic rings. The molecule has 1 unspecified atom stereocenters. The number of hydrogen-bond acceptors (Lipinski definition) is 3. The van der Waals surface area contributed by atoms with Crippen LogP contribution in [-0.2, 0) is 10.0 Å². The molecule has 0 radical (unpaired) electrons. The predicted molar refractivity (Wildman–Crippen MR) is 49.8 cm³/mol. The summed E-state index contributed by atoms with van der Waals surface area (Å²) in [6.45, 7) is 1.72. The highest BCUT2D eigenvalue weighted by Gasteiger charge is 2.14. The Bertz CT molecular complexity index is 348. The molecule has 0 aliphatic rings. The molecule has 13 heavy (non-hydrogen) atoms. The normalized spacial score (nSPS) is 14.3. The highest BCUT2D eigenvalue weighted by atomic mass is 35.5. The minimum Gasteiger partial charge on any atom is -0.285 e. The summed E-state index contributed by atoms with van der Waals surface area (Å²) < 4.78 is 24.5. The summed E-state index contributed by atoms with van der Waals surface area (Å²) >= 11 is 5.22. The molecule has 0 amide bonds. The molecule has 0 fully saturated rings. The summed E-state index contributed by atoms with van der Waals surface area (Å²) in [6, 6.07) is -0.317. The monoisotopic (exact) mass is 223 g/mol. The molecular formula is C6H10ClN3O2S. The van der Waals surface area contributed by atoms with Crippen LogP contribution in [0.4, 0.5) is 0 Å². The van der Waals surface area contributed by atoms with Crippen molar-refractivity contribution >= 4 is 21.6 Å². The summed E-state index contributed by atoms with van der Waals surface area (Å²) in [5, 5.41) is 5.87. The lowest BCUT2D eigenvalue weighted by atomic mass is 10.2. The summed E-state index contributed by atoms with van der Waals surface area (Å²) in [7, 11) is -3.37. The third-order valence-corrected chi connectivity index (χ3v) is 3.38. The summed E-state index contributed by atoms with van der Waals surface area (Å²) in [5.41, 5.74) is 0.772. The summed E-state index contributed by atoms with van der Waals surface area (Å²) in [4.78, 5) is 0. The Labute approximate surface area is 81.5 Å². The topological polar surface area (TPSA) is 74.8 Å². The van der Waals surface area contributed by atoms with Crippen molar-refractivity contribution in [2.24, 2.45) is 0 Å². The fourth-order valence-electron chi connectivity index (χ4n) is 0.867. The first-order valence-electron chi connectivity index (χ1n) is 3.60. The van der Waals surface area contributed by atoms with Gasteiger partial charge in [0.05, 0.1) is 6.20 Å². The van der Waals surface area contributed by atoms with E-state index in [0.29, 0.717) is 0 Å². The van der Waals surface area contributed by atoms with Gasteiger partial charge < -0.3 is 0 Å². The van der Waals surface area contributed by atoms with Crippen molar-refractivity contribution in [1.82, 2.24) is 14.9 Å². The molecule has 0 aromatic carbocycles. The van der Waals surface area contributed by atoms with Crippen molar-refractivity contribution in [3.8, 4) is 0 Å². The second kappa shape index (κ2) is 4.08. The molecule has 2 N–H and O–H groups in total. The zero-order valence-electron chi connectivity index (χ0n) is 6.99. The molecule has 0 spiro atoms. The number of aromatic amines is 1. The maximum absolute atomic E-state index is 11.0. The van der Waals surface area contributed by atoms with Gasteiger partial charge in [-0.25, -0.2) is 13.1 Å². The third-order valence-electron chi connectivity index (χ3n) is 1.52. The zero-order valence-corrected chi connectivity index (χ0v) is 8.56. The largest absolute Gasteiger partial charge is 0.285 e. The van der Waals surface area contributed by atoms with Gasteiger partial charge in [-0.3, -0.25) is 5.10 Å². The first-order valence-corrected chi connectivity index (χ1v) is 5.78. The average molecular weight is 224 g/mol. The predicted octanol–water partition coefficient (Wildman–Crippen LogP) is 0.586. The summed E-state index contributed by atoms with van der Waals surface area (Å²) in [6.07, 6.45) is 3.18. The number of aromatic nitrogens is 2. The van der Waals surface area contributed by atoms with Crippen LogP contribution < -0.4 is 4.72 Å². The van der Waals surface area contributed by atoms with Gasteiger partial charge in [0.2, 0.25) is 10.0 Å². The number of hydrogen-bond donors (Lipinski definition) is 2. The van der Waals surface area contributed by atoms with Crippen molar-refractivity contribution in [3.05, 3.63) is 18.0 Å². The van der Waals surface area contributed by atoms with Crippen LogP contribution in [-0.4, -0.2) is 23.8 Å². The lowest BCUT2D eigenvalue weighted by Gasteiger charge is -2.09. The van der Waals surface area contributed by atoms with E-state index >= 15 is 0 Å². The maximum atomic E-state index is 11.0. The van der Waals surface area contributed by atoms with E-state index in [1.807, 2.05) is 0 Å².